The summed E-state index contributed by atoms with van der Waals surface area (Å²) in [5, 5.41) is 2.42. The third kappa shape index (κ3) is 6.18. The normalized spacial score (nSPS) is 11.0. The van der Waals surface area contributed by atoms with E-state index in [0.29, 0.717) is 12.8 Å². The van der Waals surface area contributed by atoms with Crippen molar-refractivity contribution < 1.29 is 23.5 Å². The molecular weight excluding hydrogens is 322 g/mol. The monoisotopic (exact) mass is 343 g/mol. The van der Waals surface area contributed by atoms with E-state index in [4.69, 9.17) is 9.15 Å². The molecule has 0 unspecified atom stereocenters. The van der Waals surface area contributed by atoms with Crippen LogP contribution in [0, 0.1) is 6.92 Å². The number of furan rings is 1. The fourth-order valence-electron chi connectivity index (χ4n) is 2.14. The zero-order valence-corrected chi connectivity index (χ0v) is 14.3. The minimum absolute atomic E-state index is 0.0452. The van der Waals surface area contributed by atoms with Gasteiger partial charge in [0.1, 0.15) is 23.8 Å². The molecule has 1 N–H and O–H groups in total. The average Bonchev–Trinajstić information content (AvgIpc) is 3.04. The van der Waals surface area contributed by atoms with Gasteiger partial charge in [-0.25, -0.2) is 9.59 Å². The van der Waals surface area contributed by atoms with E-state index in [-0.39, 0.29) is 12.3 Å². The summed E-state index contributed by atoms with van der Waals surface area (Å²) >= 11 is 0. The van der Waals surface area contributed by atoms with E-state index >= 15 is 0 Å². The van der Waals surface area contributed by atoms with E-state index in [1.54, 1.807) is 6.08 Å². The van der Waals surface area contributed by atoms with Crippen molar-refractivity contribution in [1.29, 1.82) is 0 Å². The Hall–Kier alpha value is -3.02. The smallest absolute Gasteiger partial charge is 0.412 e. The topological polar surface area (TPSA) is 77.8 Å². The van der Waals surface area contributed by atoms with Crippen molar-refractivity contribution in [2.24, 2.45) is 0 Å². The van der Waals surface area contributed by atoms with E-state index in [9.17, 15) is 9.59 Å². The zero-order chi connectivity index (χ0) is 18.1. The summed E-state index contributed by atoms with van der Waals surface area (Å²) in [6.45, 7) is 1.98. The Labute approximate surface area is 146 Å². The van der Waals surface area contributed by atoms with Gasteiger partial charge in [-0.1, -0.05) is 36.4 Å². The highest BCUT2D eigenvalue weighted by molar-refractivity contribution is 5.92. The number of aryl methyl sites for hydroxylation is 2. The van der Waals surface area contributed by atoms with Gasteiger partial charge < -0.3 is 13.9 Å². The highest BCUT2D eigenvalue weighted by atomic mass is 16.6. The van der Waals surface area contributed by atoms with Crippen LogP contribution >= 0.6 is 0 Å². The predicted molar refractivity (Wildman–Crippen MR) is 91.6 cm³/mol. The van der Waals surface area contributed by atoms with Gasteiger partial charge in [-0.15, -0.1) is 0 Å². The first-order chi connectivity index (χ1) is 12.1. The number of benzene rings is 1. The average molecular weight is 343 g/mol. The maximum absolute atomic E-state index is 11.9. The van der Waals surface area contributed by atoms with E-state index < -0.39 is 12.1 Å². The lowest BCUT2D eigenvalue weighted by Gasteiger charge is -2.09. The number of hydrogen-bond donors (Lipinski definition) is 1. The number of alkyl carbamates (subject to hydrolysis) is 1. The number of amides is 1. The van der Waals surface area contributed by atoms with Gasteiger partial charge in [-0.2, -0.15) is 0 Å². The number of rotatable bonds is 7. The minimum atomic E-state index is -0.714. The molecule has 1 heterocycles. The standard InChI is InChI=1S/C19H21NO5/c1-14-11-12-16(25-14)9-6-10-17(18(21)23-2)20-19(22)24-13-15-7-4-3-5-8-15/h3-5,7-8,10-12H,6,9,13H2,1-2H3,(H,20,22)/b17-10-. The molecular formula is C19H21NO5. The molecule has 6 heteroatoms. The van der Waals surface area contributed by atoms with Crippen LogP contribution in [0.25, 0.3) is 0 Å². The lowest BCUT2D eigenvalue weighted by atomic mass is 10.2. The number of methoxy groups -OCH3 is 1. The minimum Gasteiger partial charge on any atom is -0.466 e. The first-order valence-corrected chi connectivity index (χ1v) is 7.90. The highest BCUT2D eigenvalue weighted by Gasteiger charge is 2.14. The molecule has 2 rings (SSSR count). The quantitative estimate of drug-likeness (QED) is 0.615. The molecule has 0 saturated heterocycles. The van der Waals surface area contributed by atoms with Crippen molar-refractivity contribution in [1.82, 2.24) is 5.32 Å². The maximum Gasteiger partial charge on any atom is 0.412 e. The summed E-state index contributed by atoms with van der Waals surface area (Å²) in [4.78, 5) is 23.7. The largest absolute Gasteiger partial charge is 0.466 e. The lowest BCUT2D eigenvalue weighted by molar-refractivity contribution is -0.136. The van der Waals surface area contributed by atoms with Gasteiger partial charge in [0.15, 0.2) is 0 Å². The fraction of sp³-hybridized carbons (Fsp3) is 0.263. The van der Waals surface area contributed by atoms with E-state index in [1.165, 1.54) is 7.11 Å². The van der Waals surface area contributed by atoms with Gasteiger partial charge in [-0.3, -0.25) is 5.32 Å². The molecule has 0 radical (unpaired) electrons. The number of esters is 1. The molecule has 0 bridgehead atoms. The molecule has 1 aromatic carbocycles. The number of ether oxygens (including phenoxy) is 2. The van der Waals surface area contributed by atoms with Crippen molar-refractivity contribution in [2.45, 2.75) is 26.4 Å². The Kier molecular flexibility index (Phi) is 6.83. The molecule has 0 aliphatic heterocycles. The Morgan fingerprint density at radius 3 is 2.56 bits per heavy atom. The van der Waals surface area contributed by atoms with Gasteiger partial charge in [0.05, 0.1) is 7.11 Å². The van der Waals surface area contributed by atoms with Crippen molar-refractivity contribution >= 4 is 12.1 Å². The van der Waals surface area contributed by atoms with Crippen LogP contribution in [-0.2, 0) is 27.3 Å². The van der Waals surface area contributed by atoms with Crippen molar-refractivity contribution in [3.8, 4) is 0 Å². The Balaban J connectivity index is 1.88. The SMILES string of the molecule is COC(=O)/C(=C/CCc1ccc(C)o1)NC(=O)OCc1ccccc1. The van der Waals surface area contributed by atoms with Crippen LogP contribution in [-0.4, -0.2) is 19.2 Å². The molecule has 2 aromatic rings. The number of carbonyl (C=O) groups excluding carboxylic acids is 2. The second-order valence-corrected chi connectivity index (χ2v) is 5.35. The van der Waals surface area contributed by atoms with Gasteiger partial charge in [0, 0.05) is 6.42 Å². The van der Waals surface area contributed by atoms with E-state index in [0.717, 1.165) is 17.1 Å². The van der Waals surface area contributed by atoms with Crippen LogP contribution in [0.15, 0.2) is 58.7 Å². The summed E-state index contributed by atoms with van der Waals surface area (Å²) in [6.07, 6.45) is 1.99. The Morgan fingerprint density at radius 2 is 1.92 bits per heavy atom. The van der Waals surface area contributed by atoms with Crippen LogP contribution in [0.1, 0.15) is 23.5 Å². The van der Waals surface area contributed by atoms with Crippen LogP contribution in [0.2, 0.25) is 0 Å². The molecule has 25 heavy (non-hydrogen) atoms. The van der Waals surface area contributed by atoms with E-state index in [2.05, 4.69) is 10.1 Å². The molecule has 0 aliphatic rings. The number of carbonyl (C=O) groups is 2. The first kappa shape index (κ1) is 18.3. The lowest BCUT2D eigenvalue weighted by Crippen LogP contribution is -2.28. The van der Waals surface area contributed by atoms with Crippen LogP contribution in [0.5, 0.6) is 0 Å². The molecule has 0 aliphatic carbocycles. The summed E-state index contributed by atoms with van der Waals surface area (Å²) < 4.78 is 15.2. The van der Waals surface area contributed by atoms with Crippen LogP contribution in [0.3, 0.4) is 0 Å². The first-order valence-electron chi connectivity index (χ1n) is 7.90. The van der Waals surface area contributed by atoms with Gasteiger partial charge >= 0.3 is 12.1 Å². The molecule has 132 valence electrons. The molecule has 6 nitrogen and oxygen atoms in total. The third-order valence-corrected chi connectivity index (χ3v) is 3.39. The molecule has 1 aromatic heterocycles. The Bertz CT molecular complexity index is 733. The summed E-state index contributed by atoms with van der Waals surface area (Å²) in [5.41, 5.74) is 0.901. The molecule has 0 spiro atoms. The maximum atomic E-state index is 11.9. The van der Waals surface area contributed by atoms with Crippen molar-refractivity contribution in [3.63, 3.8) is 0 Å². The molecule has 0 saturated carbocycles. The van der Waals surface area contributed by atoms with Gasteiger partial charge in [0.25, 0.3) is 0 Å². The van der Waals surface area contributed by atoms with Crippen LogP contribution in [0.4, 0.5) is 4.79 Å². The molecule has 0 fully saturated rings. The second-order valence-electron chi connectivity index (χ2n) is 5.35. The van der Waals surface area contributed by atoms with Crippen molar-refractivity contribution in [2.75, 3.05) is 7.11 Å². The third-order valence-electron chi connectivity index (χ3n) is 3.39. The molecule has 1 amide bonds. The highest BCUT2D eigenvalue weighted by Crippen LogP contribution is 2.10. The number of allylic oxidation sites excluding steroid dienone is 1. The van der Waals surface area contributed by atoms with E-state index in [1.807, 2.05) is 49.4 Å². The second kappa shape index (κ2) is 9.32. The van der Waals surface area contributed by atoms with Gasteiger partial charge in [-0.05, 0) is 31.0 Å². The molecule has 0 atom stereocenters. The number of hydrogen-bond acceptors (Lipinski definition) is 5. The number of nitrogens with one attached hydrogen (secondary N) is 1. The van der Waals surface area contributed by atoms with Crippen molar-refractivity contribution in [3.05, 3.63) is 71.3 Å². The predicted octanol–water partition coefficient (Wildman–Crippen LogP) is 3.50. The zero-order valence-electron chi connectivity index (χ0n) is 14.3. The summed E-state index contributed by atoms with van der Waals surface area (Å²) in [6, 6.07) is 13.0. The summed E-state index contributed by atoms with van der Waals surface area (Å²) in [7, 11) is 1.25. The Morgan fingerprint density at radius 1 is 1.16 bits per heavy atom. The fourth-order valence-corrected chi connectivity index (χ4v) is 2.14. The summed E-state index contributed by atoms with van der Waals surface area (Å²) in [5.74, 6) is 1.01. The van der Waals surface area contributed by atoms with Crippen LogP contribution < -0.4 is 5.32 Å². The van der Waals surface area contributed by atoms with Gasteiger partial charge in [0.2, 0.25) is 0 Å².